The molecule has 2 N–H and O–H groups in total. The summed E-state index contributed by atoms with van der Waals surface area (Å²) in [6.07, 6.45) is 2.53. The van der Waals surface area contributed by atoms with Crippen LogP contribution in [0.3, 0.4) is 0 Å². The molecule has 0 aliphatic carbocycles. The number of furan rings is 1. The van der Waals surface area contributed by atoms with Gasteiger partial charge in [0.15, 0.2) is 5.76 Å². The fourth-order valence-electron chi connectivity index (χ4n) is 2.45. The standard InChI is InChI=1S/C20H14FNO5/c21-13-5-3-12(4-6-13)10-14-7-8-18(27-14)16(23)11-17(24)19-15(20(25)26)2-1-9-22-19/h1-9,11,24H,10H2,(H,25,26)/b17-11-. The van der Waals surface area contributed by atoms with Crippen molar-refractivity contribution in [1.29, 1.82) is 0 Å². The Morgan fingerprint density at radius 2 is 1.81 bits per heavy atom. The van der Waals surface area contributed by atoms with Gasteiger partial charge in [-0.1, -0.05) is 12.1 Å². The van der Waals surface area contributed by atoms with Crippen LogP contribution in [0.5, 0.6) is 0 Å². The second kappa shape index (κ2) is 7.65. The molecule has 27 heavy (non-hydrogen) atoms. The first-order valence-corrected chi connectivity index (χ1v) is 7.91. The normalized spacial score (nSPS) is 11.4. The third-order valence-corrected chi connectivity index (χ3v) is 3.74. The van der Waals surface area contributed by atoms with E-state index in [0.717, 1.165) is 11.6 Å². The first-order valence-electron chi connectivity index (χ1n) is 7.91. The highest BCUT2D eigenvalue weighted by atomic mass is 19.1. The summed E-state index contributed by atoms with van der Waals surface area (Å²) in [5.74, 6) is -2.36. The van der Waals surface area contributed by atoms with Crippen LogP contribution >= 0.6 is 0 Å². The highest BCUT2D eigenvalue weighted by Gasteiger charge is 2.17. The molecule has 0 aliphatic heterocycles. The molecule has 0 radical (unpaired) electrons. The van der Waals surface area contributed by atoms with Crippen LogP contribution in [0.1, 0.15) is 37.9 Å². The lowest BCUT2D eigenvalue weighted by Gasteiger charge is -2.03. The minimum atomic E-state index is -1.27. The second-order valence-electron chi connectivity index (χ2n) is 5.67. The Morgan fingerprint density at radius 3 is 2.52 bits per heavy atom. The number of pyridine rings is 1. The van der Waals surface area contributed by atoms with E-state index >= 15 is 0 Å². The van der Waals surface area contributed by atoms with Crippen molar-refractivity contribution < 1.29 is 28.6 Å². The number of nitrogens with zero attached hydrogens (tertiary/aromatic N) is 1. The number of aromatic carboxylic acids is 1. The second-order valence-corrected chi connectivity index (χ2v) is 5.67. The monoisotopic (exact) mass is 367 g/mol. The van der Waals surface area contributed by atoms with Crippen LogP contribution in [0.15, 0.2) is 65.2 Å². The maximum atomic E-state index is 12.9. The number of hydrogen-bond donors (Lipinski definition) is 2. The minimum absolute atomic E-state index is 0.0218. The molecule has 0 bridgehead atoms. The number of aromatic nitrogens is 1. The van der Waals surface area contributed by atoms with E-state index in [2.05, 4.69) is 4.98 Å². The summed E-state index contributed by atoms with van der Waals surface area (Å²) in [6.45, 7) is 0. The molecule has 7 heteroatoms. The molecule has 1 aromatic carbocycles. The fraction of sp³-hybridized carbons (Fsp3) is 0.0500. The van der Waals surface area contributed by atoms with Crippen LogP contribution in [0.25, 0.3) is 5.76 Å². The molecule has 6 nitrogen and oxygen atoms in total. The lowest BCUT2D eigenvalue weighted by Crippen LogP contribution is -2.05. The number of rotatable bonds is 6. The van der Waals surface area contributed by atoms with Gasteiger partial charge in [-0.2, -0.15) is 0 Å². The van der Waals surface area contributed by atoms with Crippen molar-refractivity contribution >= 4 is 17.5 Å². The predicted molar refractivity (Wildman–Crippen MR) is 94.0 cm³/mol. The number of aliphatic hydroxyl groups is 1. The molecule has 2 aromatic heterocycles. The Kier molecular flexibility index (Phi) is 5.12. The number of carbonyl (C=O) groups is 2. The zero-order valence-electron chi connectivity index (χ0n) is 13.9. The number of ketones is 1. The summed E-state index contributed by atoms with van der Waals surface area (Å²) in [7, 11) is 0. The molecule has 0 amide bonds. The van der Waals surface area contributed by atoms with Crippen molar-refractivity contribution in [3.63, 3.8) is 0 Å². The molecule has 0 aliphatic rings. The van der Waals surface area contributed by atoms with E-state index in [9.17, 15) is 19.1 Å². The molecule has 0 atom stereocenters. The van der Waals surface area contributed by atoms with E-state index in [1.807, 2.05) is 0 Å². The molecular formula is C20H14FNO5. The summed E-state index contributed by atoms with van der Waals surface area (Å²) < 4.78 is 18.4. The van der Waals surface area contributed by atoms with Crippen LogP contribution in [0.2, 0.25) is 0 Å². The quantitative estimate of drug-likeness (QED) is 0.389. The van der Waals surface area contributed by atoms with Gasteiger partial charge in [0.25, 0.3) is 0 Å². The van der Waals surface area contributed by atoms with Gasteiger partial charge in [-0.25, -0.2) is 9.18 Å². The van der Waals surface area contributed by atoms with Gasteiger partial charge in [-0.15, -0.1) is 0 Å². The van der Waals surface area contributed by atoms with Crippen LogP contribution < -0.4 is 0 Å². The lowest BCUT2D eigenvalue weighted by molar-refractivity contribution is 0.0695. The third-order valence-electron chi connectivity index (χ3n) is 3.74. The Balaban J connectivity index is 1.78. The molecule has 0 spiro atoms. The fourth-order valence-corrected chi connectivity index (χ4v) is 2.45. The van der Waals surface area contributed by atoms with E-state index in [1.54, 1.807) is 18.2 Å². The van der Waals surface area contributed by atoms with E-state index in [4.69, 9.17) is 9.52 Å². The molecule has 0 fully saturated rings. The minimum Gasteiger partial charge on any atom is -0.506 e. The van der Waals surface area contributed by atoms with Crippen molar-refractivity contribution in [2.75, 3.05) is 0 Å². The van der Waals surface area contributed by atoms with E-state index in [0.29, 0.717) is 12.2 Å². The first-order chi connectivity index (χ1) is 12.9. The predicted octanol–water partition coefficient (Wildman–Crippen LogP) is 3.88. The average molecular weight is 367 g/mol. The number of aliphatic hydroxyl groups excluding tert-OH is 1. The number of carbonyl (C=O) groups excluding carboxylic acids is 1. The smallest absolute Gasteiger partial charge is 0.338 e. The van der Waals surface area contributed by atoms with Crippen molar-refractivity contribution in [1.82, 2.24) is 4.98 Å². The van der Waals surface area contributed by atoms with Crippen LogP contribution in [-0.4, -0.2) is 26.9 Å². The molecule has 0 saturated heterocycles. The zero-order valence-corrected chi connectivity index (χ0v) is 13.9. The molecule has 2 heterocycles. The molecule has 3 rings (SSSR count). The van der Waals surface area contributed by atoms with E-state index in [-0.39, 0.29) is 22.8 Å². The van der Waals surface area contributed by atoms with E-state index < -0.39 is 17.5 Å². The number of allylic oxidation sites excluding steroid dienone is 1. The molecule has 3 aromatic rings. The van der Waals surface area contributed by atoms with Gasteiger partial charge in [-0.05, 0) is 42.0 Å². The van der Waals surface area contributed by atoms with Gasteiger partial charge in [0, 0.05) is 18.7 Å². The maximum Gasteiger partial charge on any atom is 0.338 e. The molecule has 0 unspecified atom stereocenters. The van der Waals surface area contributed by atoms with Crippen LogP contribution in [0.4, 0.5) is 4.39 Å². The first kappa shape index (κ1) is 18.1. The third kappa shape index (κ3) is 4.27. The largest absolute Gasteiger partial charge is 0.506 e. The summed E-state index contributed by atoms with van der Waals surface area (Å²) in [4.78, 5) is 27.2. The summed E-state index contributed by atoms with van der Waals surface area (Å²) in [5, 5.41) is 19.2. The number of benzene rings is 1. The van der Waals surface area contributed by atoms with Crippen molar-refractivity contribution in [3.8, 4) is 0 Å². The van der Waals surface area contributed by atoms with Gasteiger partial charge >= 0.3 is 5.97 Å². The van der Waals surface area contributed by atoms with Gasteiger partial charge in [0.05, 0.1) is 5.56 Å². The zero-order chi connectivity index (χ0) is 19.4. The SMILES string of the molecule is O=C(/C=C(\O)c1ncccc1C(=O)O)c1ccc(Cc2ccc(F)cc2)o1. The summed E-state index contributed by atoms with van der Waals surface area (Å²) in [5.41, 5.74) is 0.370. The van der Waals surface area contributed by atoms with Crippen molar-refractivity contribution in [3.05, 3.63) is 95.0 Å². The molecule has 136 valence electrons. The van der Waals surface area contributed by atoms with Gasteiger partial charge in [0.1, 0.15) is 23.0 Å². The number of halogens is 1. The average Bonchev–Trinajstić information content (AvgIpc) is 3.12. The molecule has 0 saturated carbocycles. The molecular weight excluding hydrogens is 353 g/mol. The van der Waals surface area contributed by atoms with Crippen molar-refractivity contribution in [2.24, 2.45) is 0 Å². The van der Waals surface area contributed by atoms with Crippen LogP contribution in [0, 0.1) is 5.82 Å². The number of carboxylic acid groups (broad SMARTS) is 1. The Hall–Kier alpha value is -3.74. The Labute approximate surface area is 153 Å². The maximum absolute atomic E-state index is 12.9. The van der Waals surface area contributed by atoms with E-state index in [1.165, 1.54) is 36.5 Å². The number of hydrogen-bond acceptors (Lipinski definition) is 5. The summed E-state index contributed by atoms with van der Waals surface area (Å²) >= 11 is 0. The Bertz CT molecular complexity index is 1020. The Morgan fingerprint density at radius 1 is 1.07 bits per heavy atom. The van der Waals surface area contributed by atoms with Gasteiger partial charge in [-0.3, -0.25) is 9.78 Å². The highest BCUT2D eigenvalue weighted by molar-refractivity contribution is 6.06. The van der Waals surface area contributed by atoms with Crippen molar-refractivity contribution in [2.45, 2.75) is 6.42 Å². The number of carboxylic acids is 1. The van der Waals surface area contributed by atoms with Crippen LogP contribution in [-0.2, 0) is 6.42 Å². The highest BCUT2D eigenvalue weighted by Crippen LogP contribution is 2.18. The van der Waals surface area contributed by atoms with Gasteiger partial charge < -0.3 is 14.6 Å². The lowest BCUT2D eigenvalue weighted by atomic mass is 10.1. The summed E-state index contributed by atoms with van der Waals surface area (Å²) in [6, 6.07) is 11.6. The topological polar surface area (TPSA) is 101 Å². The van der Waals surface area contributed by atoms with Gasteiger partial charge in [0.2, 0.25) is 5.78 Å².